The smallest absolute Gasteiger partial charge is 0.276 e. The van der Waals surface area contributed by atoms with Gasteiger partial charge in [-0.2, -0.15) is 20.4 Å². The molecule has 0 bridgehead atoms. The van der Waals surface area contributed by atoms with Crippen molar-refractivity contribution in [1.29, 1.82) is 0 Å². The predicted octanol–water partition coefficient (Wildman–Crippen LogP) is 5.42. The second-order valence-electron chi connectivity index (χ2n) is 35.5. The zero-order valence-corrected chi connectivity index (χ0v) is 83.6. The zero-order chi connectivity index (χ0) is 105. The number of aliphatic hydroxyl groups is 6. The van der Waals surface area contributed by atoms with Gasteiger partial charge in [-0.3, -0.25) is 78.4 Å². The highest BCUT2D eigenvalue weighted by Gasteiger charge is 2.47. The van der Waals surface area contributed by atoms with Crippen molar-refractivity contribution in [1.82, 2.24) is 82.2 Å². The lowest BCUT2D eigenvalue weighted by molar-refractivity contribution is -0.303. The fraction of sp³-hybridized carbons (Fsp3) is 0.469. The van der Waals surface area contributed by atoms with Crippen molar-refractivity contribution in [2.45, 2.75) is 214 Å². The maximum Gasteiger partial charge on any atom is 0.276 e. The van der Waals surface area contributed by atoms with Crippen molar-refractivity contribution in [3.8, 4) is 23.0 Å². The van der Waals surface area contributed by atoms with E-state index < -0.39 is 116 Å². The van der Waals surface area contributed by atoms with Gasteiger partial charge in [-0.1, -0.05) is 30.7 Å². The van der Waals surface area contributed by atoms with Gasteiger partial charge in [0.2, 0.25) is 41.5 Å². The number of hydrogen-bond acceptors (Lipinski definition) is 33. The number of aliphatic hydroxyl groups excluding tert-OH is 6. The van der Waals surface area contributed by atoms with Crippen LogP contribution in [0.15, 0.2) is 91.0 Å². The number of allylic oxidation sites excluding steroid dienone is 4. The highest BCUT2D eigenvalue weighted by atomic mass is 16.7. The van der Waals surface area contributed by atoms with E-state index in [-0.39, 0.29) is 134 Å². The zero-order valence-electron chi connectivity index (χ0n) is 83.6. The molecular formula is C98H126N24O24. The lowest BCUT2D eigenvalue weighted by Gasteiger charge is -2.41. The lowest BCUT2D eigenvalue weighted by atomic mass is 9.99. The molecule has 0 spiro atoms. The van der Waals surface area contributed by atoms with Gasteiger partial charge in [-0.05, 0) is 162 Å². The summed E-state index contributed by atoms with van der Waals surface area (Å²) in [5.74, 6) is -2.55. The molecule has 782 valence electrons. The molecule has 0 aliphatic carbocycles. The average Bonchev–Trinajstić information content (AvgIpc) is 1.63. The number of imidazole rings is 4. The van der Waals surface area contributed by atoms with E-state index in [0.29, 0.717) is 154 Å². The molecule has 15 rings (SSSR count). The molecule has 16 N–H and O–H groups in total. The van der Waals surface area contributed by atoms with Crippen LogP contribution in [0.1, 0.15) is 178 Å². The standard InChI is InChI=1S/C50H66N12O12.C48H60N12O12/c1-9-61-35(21-28(3)56-61)46(68)54-49-52-33-23-31(30(5)64)25-37(72-19-14-20-73-44-43(66)42(65)39(27-63)74-48(44)70-8)40(33)59(49)16-11-12-17-60-41-34(24-32(45(51)67)26-38(41)71-18-13-15-58(6)7)53-50(60)55-47(69)36-22-29(4)57-62(36)10-2;1-6-59-36-29(26(3)56-59)13-8-7-9-16-60-32(19-25(2)55-60)44(66)53-47-51-30-20-27(42(49)64)22-33(68-4)37(30)57(47)14-10-11-15-58-38-31(52-48(58)54-45(36)67)21-28(43(50)65)23-34(38)70-17-12-18-71-41-40(63)39(62)35(24-61)72-46(41)69-5/h11-12,21-26,39,42-44,48,63,65-66H,9-10,13-20,27H2,1-8H3,(H2,51,67)(H,52,54,68)(H,53,55,69);10-11,19-23,35,39-41,46,61-63H,6-9,12-18,24H2,1-5H3,(H2,49,64)(H2,50,65)(H,51,53,66)(H,52,54,67)/b12-11+;11-10+/t39-,42-,43+,44-,48+;35-,39-,40+,41-,46+/m11/s1. The molecule has 3 aliphatic heterocycles. The third-order valence-corrected chi connectivity index (χ3v) is 25.0. The molecule has 8 aromatic heterocycles. The molecule has 3 aliphatic rings. The van der Waals surface area contributed by atoms with Gasteiger partial charge < -0.3 is 118 Å². The topological polar surface area (TPSA) is 622 Å². The van der Waals surface area contributed by atoms with Gasteiger partial charge in [0.05, 0.1) is 98.2 Å². The molecule has 0 saturated carbocycles. The van der Waals surface area contributed by atoms with E-state index in [9.17, 15) is 69.0 Å². The Morgan fingerprint density at radius 3 is 1.39 bits per heavy atom. The number of nitrogens with one attached hydrogen (secondary N) is 4. The summed E-state index contributed by atoms with van der Waals surface area (Å²) in [5.41, 5.74) is 25.9. The van der Waals surface area contributed by atoms with Gasteiger partial charge in [0, 0.05) is 114 Å². The third kappa shape index (κ3) is 24.1. The molecule has 10 atom stereocenters. The minimum absolute atomic E-state index is 0.0134. The van der Waals surface area contributed by atoms with Crippen LogP contribution in [0.4, 0.5) is 23.8 Å². The van der Waals surface area contributed by atoms with Crippen molar-refractivity contribution < 1.29 is 116 Å². The number of amides is 7. The Morgan fingerprint density at radius 2 is 0.945 bits per heavy atom. The molecule has 146 heavy (non-hydrogen) atoms. The first-order chi connectivity index (χ1) is 70.1. The monoisotopic (exact) mass is 2020 g/mol. The predicted molar refractivity (Wildman–Crippen MR) is 531 cm³/mol. The van der Waals surface area contributed by atoms with E-state index in [2.05, 4.69) is 36.6 Å². The first-order valence-corrected chi connectivity index (χ1v) is 48.1. The Kier molecular flexibility index (Phi) is 35.4. The minimum Gasteiger partial charge on any atom is -0.494 e. The number of aryl methyl sites for hydroxylation is 8. The Hall–Kier alpha value is -14.3. The number of ether oxygens (including phenoxy) is 10. The van der Waals surface area contributed by atoms with Crippen molar-refractivity contribution >= 4 is 115 Å². The number of nitrogens with two attached hydrogens (primary N) is 3. The van der Waals surface area contributed by atoms with Gasteiger partial charge in [-0.15, -0.1) is 0 Å². The number of nitrogens with zero attached hydrogens (tertiary/aromatic N) is 17. The summed E-state index contributed by atoms with van der Waals surface area (Å²) in [6, 6.07) is 17.4. The summed E-state index contributed by atoms with van der Waals surface area (Å²) in [5, 5.41) is 91.7. The molecule has 0 radical (unpaired) electrons. The second kappa shape index (κ2) is 48.2. The molecular weight excluding hydrogens is 1900 g/mol. The van der Waals surface area contributed by atoms with Gasteiger partial charge in [0.1, 0.15) is 117 Å². The number of Topliss-reactive ketones (excluding diaryl/α,β-unsaturated/α-hetero) is 1. The summed E-state index contributed by atoms with van der Waals surface area (Å²) < 4.78 is 71.8. The lowest BCUT2D eigenvalue weighted by Crippen LogP contribution is -2.59. The molecule has 11 heterocycles. The van der Waals surface area contributed by atoms with Crippen molar-refractivity contribution in [3.63, 3.8) is 0 Å². The highest BCUT2D eigenvalue weighted by molar-refractivity contribution is 6.08. The largest absolute Gasteiger partial charge is 0.494 e. The van der Waals surface area contributed by atoms with Gasteiger partial charge in [0.25, 0.3) is 23.6 Å². The van der Waals surface area contributed by atoms with Gasteiger partial charge in [0.15, 0.2) is 18.4 Å². The van der Waals surface area contributed by atoms with Crippen LogP contribution in [-0.4, -0.2) is 310 Å². The molecule has 0 unspecified atom stereocenters. The number of primary amides is 3. The maximum atomic E-state index is 14.6. The van der Waals surface area contributed by atoms with E-state index in [1.54, 1.807) is 93.3 Å². The summed E-state index contributed by atoms with van der Waals surface area (Å²) in [4.78, 5) is 128. The third-order valence-electron chi connectivity index (χ3n) is 25.0. The summed E-state index contributed by atoms with van der Waals surface area (Å²) in [6.45, 7) is 16.6. The van der Waals surface area contributed by atoms with Crippen LogP contribution in [0.5, 0.6) is 23.0 Å². The molecule has 48 heteroatoms. The quantitative estimate of drug-likeness (QED) is 0.0131. The van der Waals surface area contributed by atoms with E-state index in [1.165, 1.54) is 52.5 Å². The molecule has 2 fully saturated rings. The molecule has 4 aromatic carbocycles. The number of ketones is 1. The number of fused-ring (bicyclic) bond motifs is 10. The normalized spacial score (nSPS) is 19.3. The Balaban J connectivity index is 0.000000231. The molecule has 12 aromatic rings. The second-order valence-corrected chi connectivity index (χ2v) is 35.5. The first kappa shape index (κ1) is 107. The Labute approximate surface area is 837 Å². The first-order valence-electron chi connectivity index (χ1n) is 48.1. The van der Waals surface area contributed by atoms with E-state index in [0.717, 1.165) is 18.5 Å². The molecule has 48 nitrogen and oxygen atoms in total. The SMILES string of the molecule is CCn1nc(C)c2c1C(=O)Nc1nc3cc(C(N)=O)cc(OCCCO[C@H]4[C@@H](OC)O[C@H](CO)[C@@H](O)[C@@H]4O)c3n1C/C=C/Cn1c(nc3cc(C(N)=O)cc(OC)c31)NC(=O)c1cc(C)nn1CCCCC2.CCn1nc(C)cc1C(=O)Nc1nc2cc(C(C)=O)cc(OCCCO[C@H]3[C@@H](OC)O[C@H](CO)[C@@H](O)[C@@H]3O)c2n1C/C=C/Cn1c(NC(=O)c2cc(C)nn2CC)nc2cc(C(N)=O)cc(OCCCN(C)C)c21. The van der Waals surface area contributed by atoms with Crippen LogP contribution >= 0.6 is 0 Å². The minimum atomic E-state index is -1.42. The number of methoxy groups -OCH3 is 3. The average molecular weight is 2020 g/mol. The van der Waals surface area contributed by atoms with Crippen LogP contribution < -0.4 is 57.4 Å². The molecule has 7 amide bonds. The van der Waals surface area contributed by atoms with Crippen molar-refractivity contribution in [3.05, 3.63) is 164 Å². The van der Waals surface area contributed by atoms with Crippen LogP contribution in [0.3, 0.4) is 0 Å². The van der Waals surface area contributed by atoms with Crippen LogP contribution in [0.2, 0.25) is 0 Å². The maximum absolute atomic E-state index is 14.6. The van der Waals surface area contributed by atoms with Crippen LogP contribution in [0, 0.1) is 27.7 Å². The number of aromatic nitrogens is 16. The number of carbonyl (C=O) groups is 8. The Morgan fingerprint density at radius 1 is 0.514 bits per heavy atom. The summed E-state index contributed by atoms with van der Waals surface area (Å²) >= 11 is 0. The number of hydrogen-bond donors (Lipinski definition) is 13. The summed E-state index contributed by atoms with van der Waals surface area (Å²) in [6.07, 6.45) is -0.919. The van der Waals surface area contributed by atoms with Crippen molar-refractivity contribution in [2.24, 2.45) is 17.2 Å². The summed E-state index contributed by atoms with van der Waals surface area (Å²) in [7, 11) is 8.07. The fourth-order valence-electron chi connectivity index (χ4n) is 17.8. The van der Waals surface area contributed by atoms with E-state index >= 15 is 0 Å². The van der Waals surface area contributed by atoms with Crippen LogP contribution in [0.25, 0.3) is 44.1 Å². The number of benzene rings is 4. The number of rotatable bonds is 37. The Bertz CT molecular complexity index is 6830. The van der Waals surface area contributed by atoms with Gasteiger partial charge in [-0.25, -0.2) is 19.9 Å². The van der Waals surface area contributed by atoms with E-state index in [4.69, 9.17) is 89.6 Å². The van der Waals surface area contributed by atoms with Gasteiger partial charge >= 0.3 is 0 Å². The van der Waals surface area contributed by atoms with Crippen LogP contribution in [-0.2, 0) is 87.2 Å². The fourth-order valence-corrected chi connectivity index (χ4v) is 17.8. The number of anilines is 4. The molecule has 2 saturated heterocycles. The van der Waals surface area contributed by atoms with E-state index in [1.807, 2.05) is 77.9 Å². The number of carbonyl (C=O) groups excluding carboxylic acids is 8. The van der Waals surface area contributed by atoms with Crippen molar-refractivity contribution in [2.75, 3.05) is 109 Å². The highest BCUT2D eigenvalue weighted by Crippen LogP contribution is 2.39.